The van der Waals surface area contributed by atoms with E-state index in [2.05, 4.69) is 9.47 Å². The van der Waals surface area contributed by atoms with E-state index in [1.165, 1.54) is 14.2 Å². The standard InChI is InChI=1S/C18H23NO4/c1-18(2,3)13(12-9-7-6-8-10-12)11-14(19)15(16(20)22-4)17(21)23-5/h6-11H,19H2,1-5H3/b13-11+. The van der Waals surface area contributed by atoms with Gasteiger partial charge in [0.15, 0.2) is 5.57 Å². The van der Waals surface area contributed by atoms with Crippen molar-refractivity contribution in [2.75, 3.05) is 14.2 Å². The number of esters is 2. The van der Waals surface area contributed by atoms with Crippen molar-refractivity contribution in [2.45, 2.75) is 20.8 Å². The molecule has 124 valence electrons. The lowest BCUT2D eigenvalue weighted by atomic mass is 9.81. The monoisotopic (exact) mass is 317 g/mol. The minimum Gasteiger partial charge on any atom is -0.465 e. The van der Waals surface area contributed by atoms with Crippen LogP contribution >= 0.6 is 0 Å². The molecule has 0 unspecified atom stereocenters. The maximum Gasteiger partial charge on any atom is 0.347 e. The zero-order valence-corrected chi connectivity index (χ0v) is 14.2. The van der Waals surface area contributed by atoms with Crippen molar-refractivity contribution in [3.05, 3.63) is 53.2 Å². The van der Waals surface area contributed by atoms with Crippen molar-refractivity contribution in [1.29, 1.82) is 0 Å². The highest BCUT2D eigenvalue weighted by Gasteiger charge is 2.25. The van der Waals surface area contributed by atoms with Crippen LogP contribution in [0.4, 0.5) is 0 Å². The van der Waals surface area contributed by atoms with Gasteiger partial charge in [-0.3, -0.25) is 0 Å². The maximum atomic E-state index is 11.8. The second-order valence-corrected chi connectivity index (χ2v) is 5.99. The highest BCUT2D eigenvalue weighted by atomic mass is 16.5. The van der Waals surface area contributed by atoms with Crippen molar-refractivity contribution in [2.24, 2.45) is 11.1 Å². The second kappa shape index (κ2) is 7.63. The number of ether oxygens (including phenoxy) is 2. The van der Waals surface area contributed by atoms with E-state index in [9.17, 15) is 9.59 Å². The van der Waals surface area contributed by atoms with Crippen LogP contribution in [0.25, 0.3) is 5.57 Å². The number of methoxy groups -OCH3 is 2. The Labute approximate surface area is 136 Å². The summed E-state index contributed by atoms with van der Waals surface area (Å²) in [5, 5.41) is 0. The van der Waals surface area contributed by atoms with Crippen LogP contribution < -0.4 is 5.73 Å². The Morgan fingerprint density at radius 3 is 1.87 bits per heavy atom. The van der Waals surface area contributed by atoms with Gasteiger partial charge in [0.1, 0.15) is 0 Å². The third-order valence-corrected chi connectivity index (χ3v) is 3.26. The lowest BCUT2D eigenvalue weighted by Gasteiger charge is -2.24. The van der Waals surface area contributed by atoms with Crippen LogP contribution in [0, 0.1) is 5.41 Å². The van der Waals surface area contributed by atoms with Crippen molar-refractivity contribution in [3.8, 4) is 0 Å². The van der Waals surface area contributed by atoms with Crippen LogP contribution in [0.3, 0.4) is 0 Å². The zero-order valence-electron chi connectivity index (χ0n) is 14.2. The Hall–Kier alpha value is -2.56. The molecule has 0 radical (unpaired) electrons. The predicted octanol–water partition coefficient (Wildman–Crippen LogP) is 2.67. The zero-order chi connectivity index (χ0) is 17.6. The van der Waals surface area contributed by atoms with Crippen molar-refractivity contribution < 1.29 is 19.1 Å². The van der Waals surface area contributed by atoms with Crippen molar-refractivity contribution >= 4 is 17.5 Å². The Morgan fingerprint density at radius 1 is 1.00 bits per heavy atom. The fourth-order valence-electron chi connectivity index (χ4n) is 2.10. The Morgan fingerprint density at radius 2 is 1.48 bits per heavy atom. The molecule has 0 bridgehead atoms. The first-order chi connectivity index (χ1) is 10.7. The minimum atomic E-state index is -0.827. The molecule has 2 N–H and O–H groups in total. The molecule has 0 aliphatic rings. The summed E-state index contributed by atoms with van der Waals surface area (Å²) in [5.41, 5.74) is 7.31. The van der Waals surface area contributed by atoms with Gasteiger partial charge in [-0.2, -0.15) is 0 Å². The van der Waals surface area contributed by atoms with E-state index >= 15 is 0 Å². The van der Waals surface area contributed by atoms with Crippen molar-refractivity contribution in [3.63, 3.8) is 0 Å². The van der Waals surface area contributed by atoms with Crippen LogP contribution in [-0.4, -0.2) is 26.2 Å². The van der Waals surface area contributed by atoms with Gasteiger partial charge in [0, 0.05) is 0 Å². The summed E-state index contributed by atoms with van der Waals surface area (Å²) in [6.07, 6.45) is 1.62. The Kier molecular flexibility index (Phi) is 6.13. The van der Waals surface area contributed by atoms with Gasteiger partial charge in [0.2, 0.25) is 0 Å². The quantitative estimate of drug-likeness (QED) is 0.304. The summed E-state index contributed by atoms with van der Waals surface area (Å²) < 4.78 is 9.24. The van der Waals surface area contributed by atoms with E-state index in [1.54, 1.807) is 6.08 Å². The molecule has 5 heteroatoms. The van der Waals surface area contributed by atoms with Crippen LogP contribution in [0.2, 0.25) is 0 Å². The predicted molar refractivity (Wildman–Crippen MR) is 89.1 cm³/mol. The SMILES string of the molecule is COC(=O)C(C(=O)OC)=C(N)/C=C(\c1ccccc1)C(C)(C)C. The third-order valence-electron chi connectivity index (χ3n) is 3.26. The number of rotatable bonds is 4. The van der Waals surface area contributed by atoms with Gasteiger partial charge < -0.3 is 15.2 Å². The first-order valence-electron chi connectivity index (χ1n) is 7.16. The Balaban J connectivity index is 3.53. The molecule has 0 fully saturated rings. The van der Waals surface area contributed by atoms with E-state index < -0.39 is 11.9 Å². The van der Waals surface area contributed by atoms with E-state index in [0.29, 0.717) is 0 Å². The van der Waals surface area contributed by atoms with Gasteiger partial charge in [0.05, 0.1) is 19.9 Å². The summed E-state index contributed by atoms with van der Waals surface area (Å²) in [7, 11) is 2.37. The summed E-state index contributed by atoms with van der Waals surface area (Å²) in [4.78, 5) is 23.7. The molecular formula is C18H23NO4. The molecule has 0 amide bonds. The highest BCUT2D eigenvalue weighted by Crippen LogP contribution is 2.34. The molecule has 0 saturated heterocycles. The lowest BCUT2D eigenvalue weighted by Crippen LogP contribution is -2.21. The summed E-state index contributed by atoms with van der Waals surface area (Å²) in [6.45, 7) is 6.07. The van der Waals surface area contributed by atoms with Crippen LogP contribution in [0.1, 0.15) is 26.3 Å². The van der Waals surface area contributed by atoms with Gasteiger partial charge in [0.25, 0.3) is 0 Å². The van der Waals surface area contributed by atoms with Gasteiger partial charge in [-0.05, 0) is 22.6 Å². The molecule has 0 aliphatic carbocycles. The maximum absolute atomic E-state index is 11.8. The van der Waals surface area contributed by atoms with E-state index in [1.807, 2.05) is 51.1 Å². The molecule has 0 atom stereocenters. The number of nitrogens with two attached hydrogens (primary N) is 1. The molecule has 0 aromatic heterocycles. The molecule has 0 saturated carbocycles. The summed E-state index contributed by atoms with van der Waals surface area (Å²) in [5.74, 6) is -1.65. The van der Waals surface area contributed by atoms with E-state index in [0.717, 1.165) is 11.1 Å². The summed E-state index contributed by atoms with van der Waals surface area (Å²) in [6, 6.07) is 9.63. The van der Waals surface area contributed by atoms with Gasteiger partial charge >= 0.3 is 11.9 Å². The molecule has 0 spiro atoms. The van der Waals surface area contributed by atoms with Gasteiger partial charge in [-0.15, -0.1) is 0 Å². The van der Waals surface area contributed by atoms with E-state index in [-0.39, 0.29) is 16.7 Å². The van der Waals surface area contributed by atoms with Crippen LogP contribution in [0.15, 0.2) is 47.7 Å². The van der Waals surface area contributed by atoms with Crippen molar-refractivity contribution in [1.82, 2.24) is 0 Å². The smallest absolute Gasteiger partial charge is 0.347 e. The molecule has 5 nitrogen and oxygen atoms in total. The fraction of sp³-hybridized carbons (Fsp3) is 0.333. The normalized spacial score (nSPS) is 11.6. The number of benzene rings is 1. The molecule has 1 aromatic rings. The number of hydrogen-bond donors (Lipinski definition) is 1. The average Bonchev–Trinajstić information content (AvgIpc) is 2.52. The average molecular weight is 317 g/mol. The first kappa shape index (κ1) is 18.5. The number of carbonyl (C=O) groups excluding carboxylic acids is 2. The molecular weight excluding hydrogens is 294 g/mol. The molecule has 0 aliphatic heterocycles. The number of carbonyl (C=O) groups is 2. The number of allylic oxidation sites excluding steroid dienone is 2. The van der Waals surface area contributed by atoms with Crippen LogP contribution in [-0.2, 0) is 19.1 Å². The van der Waals surface area contributed by atoms with Gasteiger partial charge in [-0.1, -0.05) is 51.1 Å². The molecule has 1 rings (SSSR count). The van der Waals surface area contributed by atoms with E-state index in [4.69, 9.17) is 5.73 Å². The minimum absolute atomic E-state index is 0.0116. The fourth-order valence-corrected chi connectivity index (χ4v) is 2.10. The largest absolute Gasteiger partial charge is 0.465 e. The van der Waals surface area contributed by atoms with Crippen LogP contribution in [0.5, 0.6) is 0 Å². The molecule has 1 aromatic carbocycles. The Bertz CT molecular complexity index is 619. The lowest BCUT2D eigenvalue weighted by molar-refractivity contribution is -0.144. The van der Waals surface area contributed by atoms with Gasteiger partial charge in [-0.25, -0.2) is 9.59 Å². The third kappa shape index (κ3) is 4.71. The molecule has 0 heterocycles. The highest BCUT2D eigenvalue weighted by molar-refractivity contribution is 6.15. The molecule has 23 heavy (non-hydrogen) atoms. The first-order valence-corrected chi connectivity index (χ1v) is 7.16. The summed E-state index contributed by atoms with van der Waals surface area (Å²) >= 11 is 0. The number of hydrogen-bond acceptors (Lipinski definition) is 5. The second-order valence-electron chi connectivity index (χ2n) is 5.99. The topological polar surface area (TPSA) is 78.6 Å².